The second-order valence-electron chi connectivity index (χ2n) is 5.47. The van der Waals surface area contributed by atoms with E-state index in [-0.39, 0.29) is 18.0 Å². The van der Waals surface area contributed by atoms with Gasteiger partial charge in [0.15, 0.2) is 0 Å². The molecule has 1 aromatic rings. The third kappa shape index (κ3) is 3.28. The number of nitrogens with zero attached hydrogens (tertiary/aromatic N) is 1. The van der Waals surface area contributed by atoms with Crippen LogP contribution in [-0.4, -0.2) is 34.6 Å². The van der Waals surface area contributed by atoms with Gasteiger partial charge in [0.2, 0.25) is 0 Å². The highest BCUT2D eigenvalue weighted by atomic mass is 35.5. The standard InChI is InChI=1S/C15H20ClNO2/c1-10-7-8-17(14(10)15(18)19)11(2)9-12-3-5-13(16)6-4-12/h3-6,10-11,14H,7-9H2,1-2H3,(H,18,19). The smallest absolute Gasteiger partial charge is 0.321 e. The van der Waals surface area contributed by atoms with Gasteiger partial charge in [0.05, 0.1) is 0 Å². The van der Waals surface area contributed by atoms with E-state index in [1.165, 1.54) is 5.56 Å². The van der Waals surface area contributed by atoms with Crippen LogP contribution in [0.3, 0.4) is 0 Å². The highest BCUT2D eigenvalue weighted by molar-refractivity contribution is 6.30. The van der Waals surface area contributed by atoms with Crippen molar-refractivity contribution in [1.29, 1.82) is 0 Å². The van der Waals surface area contributed by atoms with Gasteiger partial charge < -0.3 is 5.11 Å². The Morgan fingerprint density at radius 1 is 1.47 bits per heavy atom. The number of aliphatic carboxylic acids is 1. The molecule has 3 nitrogen and oxygen atoms in total. The number of hydrogen-bond acceptors (Lipinski definition) is 2. The van der Waals surface area contributed by atoms with Gasteiger partial charge in [-0.05, 0) is 49.9 Å². The minimum atomic E-state index is -0.701. The van der Waals surface area contributed by atoms with E-state index in [1.54, 1.807) is 0 Å². The molecular formula is C15H20ClNO2. The highest BCUT2D eigenvalue weighted by Crippen LogP contribution is 2.27. The van der Waals surface area contributed by atoms with Crippen molar-refractivity contribution in [3.63, 3.8) is 0 Å². The summed E-state index contributed by atoms with van der Waals surface area (Å²) >= 11 is 5.87. The van der Waals surface area contributed by atoms with Crippen molar-refractivity contribution >= 4 is 17.6 Å². The van der Waals surface area contributed by atoms with E-state index in [2.05, 4.69) is 11.8 Å². The van der Waals surface area contributed by atoms with Gasteiger partial charge in [-0.3, -0.25) is 9.69 Å². The van der Waals surface area contributed by atoms with E-state index in [9.17, 15) is 9.90 Å². The topological polar surface area (TPSA) is 40.5 Å². The number of hydrogen-bond donors (Lipinski definition) is 1. The highest BCUT2D eigenvalue weighted by Gasteiger charge is 2.38. The van der Waals surface area contributed by atoms with Crippen LogP contribution in [0.2, 0.25) is 5.02 Å². The Balaban J connectivity index is 2.05. The number of likely N-dealkylation sites (tertiary alicyclic amines) is 1. The first kappa shape index (κ1) is 14.4. The molecule has 0 amide bonds. The van der Waals surface area contributed by atoms with Gasteiger partial charge in [0, 0.05) is 11.1 Å². The summed E-state index contributed by atoms with van der Waals surface area (Å²) in [6, 6.07) is 7.66. The van der Waals surface area contributed by atoms with Crippen LogP contribution in [0.25, 0.3) is 0 Å². The number of carboxylic acid groups (broad SMARTS) is 1. The second-order valence-corrected chi connectivity index (χ2v) is 5.90. The Morgan fingerprint density at radius 2 is 2.11 bits per heavy atom. The normalized spacial score (nSPS) is 25.4. The van der Waals surface area contributed by atoms with Gasteiger partial charge in [-0.2, -0.15) is 0 Å². The zero-order valence-corrected chi connectivity index (χ0v) is 12.1. The fourth-order valence-electron chi connectivity index (χ4n) is 2.94. The molecule has 0 radical (unpaired) electrons. The van der Waals surface area contributed by atoms with Crippen LogP contribution in [0.15, 0.2) is 24.3 Å². The fourth-order valence-corrected chi connectivity index (χ4v) is 3.06. The summed E-state index contributed by atoms with van der Waals surface area (Å²) in [5, 5.41) is 10.1. The Bertz CT molecular complexity index is 446. The molecule has 104 valence electrons. The molecule has 2 rings (SSSR count). The molecule has 1 N–H and O–H groups in total. The van der Waals surface area contributed by atoms with Crippen molar-refractivity contribution in [2.45, 2.75) is 38.8 Å². The molecule has 1 saturated heterocycles. The van der Waals surface area contributed by atoms with E-state index in [4.69, 9.17) is 11.6 Å². The van der Waals surface area contributed by atoms with Crippen LogP contribution in [0, 0.1) is 5.92 Å². The van der Waals surface area contributed by atoms with Crippen molar-refractivity contribution in [3.8, 4) is 0 Å². The molecular weight excluding hydrogens is 262 g/mol. The summed E-state index contributed by atoms with van der Waals surface area (Å²) in [6.45, 7) is 4.99. The van der Waals surface area contributed by atoms with Crippen molar-refractivity contribution in [2.24, 2.45) is 5.92 Å². The average Bonchev–Trinajstić information content (AvgIpc) is 2.74. The van der Waals surface area contributed by atoms with Gasteiger partial charge in [-0.1, -0.05) is 30.7 Å². The molecule has 1 heterocycles. The average molecular weight is 282 g/mol. The third-order valence-electron chi connectivity index (χ3n) is 4.00. The molecule has 0 spiro atoms. The van der Waals surface area contributed by atoms with Gasteiger partial charge >= 0.3 is 5.97 Å². The van der Waals surface area contributed by atoms with Crippen molar-refractivity contribution in [2.75, 3.05) is 6.54 Å². The predicted octanol–water partition coefficient (Wildman–Crippen LogP) is 3.07. The molecule has 3 unspecified atom stereocenters. The number of halogens is 1. The first-order valence-corrected chi connectivity index (χ1v) is 7.10. The Morgan fingerprint density at radius 3 is 2.68 bits per heavy atom. The van der Waals surface area contributed by atoms with Crippen LogP contribution in [0.1, 0.15) is 25.8 Å². The van der Waals surface area contributed by atoms with Crippen LogP contribution < -0.4 is 0 Å². The van der Waals surface area contributed by atoms with E-state index in [0.717, 1.165) is 24.4 Å². The molecule has 0 aliphatic carbocycles. The number of carbonyl (C=O) groups is 1. The molecule has 1 fully saturated rings. The Labute approximate surface area is 119 Å². The van der Waals surface area contributed by atoms with Gasteiger partial charge in [0.25, 0.3) is 0 Å². The summed E-state index contributed by atoms with van der Waals surface area (Å²) < 4.78 is 0. The summed E-state index contributed by atoms with van der Waals surface area (Å²) in [5.41, 5.74) is 1.19. The lowest BCUT2D eigenvalue weighted by atomic mass is 10.0. The minimum Gasteiger partial charge on any atom is -0.480 e. The lowest BCUT2D eigenvalue weighted by Gasteiger charge is -2.29. The summed E-state index contributed by atoms with van der Waals surface area (Å²) in [7, 11) is 0. The molecule has 3 atom stereocenters. The number of carboxylic acids is 1. The Hall–Kier alpha value is -1.06. The third-order valence-corrected chi connectivity index (χ3v) is 4.25. The van der Waals surface area contributed by atoms with E-state index >= 15 is 0 Å². The lowest BCUT2D eigenvalue weighted by molar-refractivity contribution is -0.144. The second kappa shape index (κ2) is 5.93. The maximum atomic E-state index is 11.4. The van der Waals surface area contributed by atoms with E-state index in [0.29, 0.717) is 0 Å². The first-order chi connectivity index (χ1) is 8.99. The van der Waals surface area contributed by atoms with Crippen LogP contribution in [-0.2, 0) is 11.2 Å². The largest absolute Gasteiger partial charge is 0.480 e. The van der Waals surface area contributed by atoms with Crippen molar-refractivity contribution < 1.29 is 9.90 Å². The molecule has 0 aromatic heterocycles. The molecule has 4 heteroatoms. The van der Waals surface area contributed by atoms with Gasteiger partial charge in [0.1, 0.15) is 6.04 Å². The maximum absolute atomic E-state index is 11.4. The fraction of sp³-hybridized carbons (Fsp3) is 0.533. The zero-order chi connectivity index (χ0) is 14.0. The maximum Gasteiger partial charge on any atom is 0.321 e. The molecule has 1 aromatic carbocycles. The quantitative estimate of drug-likeness (QED) is 0.922. The molecule has 0 saturated carbocycles. The van der Waals surface area contributed by atoms with Crippen LogP contribution in [0.5, 0.6) is 0 Å². The monoisotopic (exact) mass is 281 g/mol. The van der Waals surface area contributed by atoms with E-state index < -0.39 is 5.97 Å². The predicted molar refractivity (Wildman–Crippen MR) is 76.5 cm³/mol. The van der Waals surface area contributed by atoms with E-state index in [1.807, 2.05) is 31.2 Å². The van der Waals surface area contributed by atoms with Crippen LogP contribution in [0.4, 0.5) is 0 Å². The molecule has 0 bridgehead atoms. The van der Waals surface area contributed by atoms with Gasteiger partial charge in [-0.15, -0.1) is 0 Å². The molecule has 1 aliphatic rings. The zero-order valence-electron chi connectivity index (χ0n) is 11.3. The minimum absolute atomic E-state index is 0.227. The van der Waals surface area contributed by atoms with Crippen LogP contribution >= 0.6 is 11.6 Å². The lowest BCUT2D eigenvalue weighted by Crippen LogP contribution is -2.44. The first-order valence-electron chi connectivity index (χ1n) is 6.72. The summed E-state index contributed by atoms with van der Waals surface area (Å²) in [5.74, 6) is -0.474. The van der Waals surface area contributed by atoms with Crippen molar-refractivity contribution in [3.05, 3.63) is 34.9 Å². The summed E-state index contributed by atoms with van der Waals surface area (Å²) in [4.78, 5) is 13.5. The Kier molecular flexibility index (Phi) is 4.48. The molecule has 1 aliphatic heterocycles. The summed E-state index contributed by atoms with van der Waals surface area (Å²) in [6.07, 6.45) is 1.82. The number of rotatable bonds is 4. The van der Waals surface area contributed by atoms with Gasteiger partial charge in [-0.25, -0.2) is 0 Å². The van der Waals surface area contributed by atoms with Crippen molar-refractivity contribution in [1.82, 2.24) is 4.90 Å². The number of benzene rings is 1. The SMILES string of the molecule is CC1CCN(C(C)Cc2ccc(Cl)cc2)C1C(=O)O. The molecule has 19 heavy (non-hydrogen) atoms.